The number of rotatable bonds is 5. The summed E-state index contributed by atoms with van der Waals surface area (Å²) in [6, 6.07) is 4.50. The van der Waals surface area contributed by atoms with Gasteiger partial charge < -0.3 is 14.4 Å². The number of aryl methyl sites for hydroxylation is 1. The number of imidazole rings is 1. The zero-order valence-corrected chi connectivity index (χ0v) is 15.3. The number of benzene rings is 1. The lowest BCUT2D eigenvalue weighted by Gasteiger charge is -2.27. The van der Waals surface area contributed by atoms with Crippen molar-refractivity contribution in [1.29, 1.82) is 0 Å². The van der Waals surface area contributed by atoms with Crippen molar-refractivity contribution in [3.8, 4) is 0 Å². The van der Waals surface area contributed by atoms with E-state index in [1.807, 2.05) is 11.5 Å². The Morgan fingerprint density at radius 2 is 2.19 bits per heavy atom. The van der Waals surface area contributed by atoms with Gasteiger partial charge in [0.2, 0.25) is 0 Å². The summed E-state index contributed by atoms with van der Waals surface area (Å²) in [5.41, 5.74) is 2.04. The summed E-state index contributed by atoms with van der Waals surface area (Å²) >= 11 is 5.81. The van der Waals surface area contributed by atoms with Gasteiger partial charge >= 0.3 is 5.97 Å². The van der Waals surface area contributed by atoms with Crippen LogP contribution in [0.2, 0.25) is 5.02 Å². The van der Waals surface area contributed by atoms with Crippen molar-refractivity contribution in [3.05, 3.63) is 56.7 Å². The van der Waals surface area contributed by atoms with Gasteiger partial charge in [0.15, 0.2) is 0 Å². The Morgan fingerprint density at radius 1 is 1.41 bits per heavy atom. The van der Waals surface area contributed by atoms with Crippen LogP contribution in [0, 0.1) is 6.92 Å². The van der Waals surface area contributed by atoms with Gasteiger partial charge in [-0.15, -0.1) is 0 Å². The summed E-state index contributed by atoms with van der Waals surface area (Å²) in [6.07, 6.45) is 2.37. The first kappa shape index (κ1) is 17.7. The lowest BCUT2D eigenvalue weighted by atomic mass is 10.1. The summed E-state index contributed by atoms with van der Waals surface area (Å²) < 4.78 is 8.73. The van der Waals surface area contributed by atoms with Crippen molar-refractivity contribution in [1.82, 2.24) is 19.3 Å². The predicted octanol–water partition coefficient (Wildman–Crippen LogP) is 2.09. The lowest BCUT2D eigenvalue weighted by Crippen LogP contribution is -2.32. The summed E-state index contributed by atoms with van der Waals surface area (Å²) in [5, 5.41) is 13.7. The molecule has 140 valence electrons. The molecule has 27 heavy (non-hydrogen) atoms. The number of hydrogen-bond acceptors (Lipinski definition) is 5. The molecule has 0 aliphatic carbocycles. The molecular weight excluding hydrogens is 372 g/mol. The monoisotopic (exact) mass is 388 g/mol. The van der Waals surface area contributed by atoms with Crippen LogP contribution >= 0.6 is 11.6 Å². The molecule has 2 aromatic heterocycles. The Kier molecular flexibility index (Phi) is 4.45. The molecule has 0 radical (unpaired) electrons. The highest BCUT2D eigenvalue weighted by molar-refractivity contribution is 6.30. The first-order chi connectivity index (χ1) is 12.9. The molecule has 1 N–H and O–H groups in total. The van der Waals surface area contributed by atoms with E-state index in [2.05, 4.69) is 10.1 Å². The molecule has 4 rings (SSSR count). The molecular formula is C18H17ClN4O4. The van der Waals surface area contributed by atoms with E-state index in [-0.39, 0.29) is 28.8 Å². The summed E-state index contributed by atoms with van der Waals surface area (Å²) in [4.78, 5) is 28.3. The number of carboxylic acids is 1. The molecule has 0 bridgehead atoms. The van der Waals surface area contributed by atoms with Crippen molar-refractivity contribution in [3.63, 3.8) is 0 Å². The number of carboxylic acid groups (broad SMARTS) is 1. The van der Waals surface area contributed by atoms with Crippen LogP contribution in [-0.4, -0.2) is 43.1 Å². The summed E-state index contributed by atoms with van der Waals surface area (Å²) in [7, 11) is 0. The molecule has 1 saturated heterocycles. The van der Waals surface area contributed by atoms with Crippen molar-refractivity contribution in [2.75, 3.05) is 6.61 Å². The second kappa shape index (κ2) is 6.79. The molecule has 0 amide bonds. The molecule has 1 unspecified atom stereocenters. The highest BCUT2D eigenvalue weighted by Gasteiger charge is 2.23. The van der Waals surface area contributed by atoms with Gasteiger partial charge in [0.25, 0.3) is 5.56 Å². The number of ether oxygens (including phenoxy) is 1. The highest BCUT2D eigenvalue weighted by Crippen LogP contribution is 2.25. The second-order valence-electron chi connectivity index (χ2n) is 6.56. The largest absolute Gasteiger partial charge is 0.478 e. The average Bonchev–Trinajstić information content (AvgIpc) is 2.91. The molecule has 0 spiro atoms. The van der Waals surface area contributed by atoms with Crippen LogP contribution in [0.3, 0.4) is 0 Å². The van der Waals surface area contributed by atoms with Crippen LogP contribution in [0.15, 0.2) is 29.2 Å². The standard InChI is InChI=1S/C18H17ClN4O4/c1-10-4-11(18(25)26)5-14-17(10)21-15(22(14)8-13-2-3-27-13)9-23-16(24)6-12(19)7-20-23/h4-7,13H,2-3,8-9H2,1H3,(H,25,26). The number of nitrogens with zero attached hydrogens (tertiary/aromatic N) is 4. The van der Waals surface area contributed by atoms with Gasteiger partial charge in [-0.2, -0.15) is 5.10 Å². The van der Waals surface area contributed by atoms with Gasteiger partial charge in [0.05, 0.1) is 40.5 Å². The van der Waals surface area contributed by atoms with Crippen LogP contribution in [-0.2, 0) is 17.8 Å². The fourth-order valence-corrected chi connectivity index (χ4v) is 3.32. The van der Waals surface area contributed by atoms with Crippen molar-refractivity contribution in [2.45, 2.75) is 32.5 Å². The maximum Gasteiger partial charge on any atom is 0.335 e. The Bertz CT molecular complexity index is 1100. The van der Waals surface area contributed by atoms with E-state index >= 15 is 0 Å². The molecule has 1 atom stereocenters. The lowest BCUT2D eigenvalue weighted by molar-refractivity contribution is -0.0590. The zero-order chi connectivity index (χ0) is 19.1. The molecule has 0 saturated carbocycles. The number of hydrogen-bond donors (Lipinski definition) is 1. The van der Waals surface area contributed by atoms with E-state index in [0.29, 0.717) is 30.0 Å². The number of aromatic nitrogens is 4. The minimum Gasteiger partial charge on any atom is -0.478 e. The van der Waals surface area contributed by atoms with Crippen LogP contribution in [0.5, 0.6) is 0 Å². The molecule has 1 aliphatic rings. The molecule has 1 aromatic carbocycles. The highest BCUT2D eigenvalue weighted by atomic mass is 35.5. The van der Waals surface area contributed by atoms with Gasteiger partial charge in [0, 0.05) is 12.7 Å². The molecule has 8 nitrogen and oxygen atoms in total. The van der Waals surface area contributed by atoms with Gasteiger partial charge in [-0.1, -0.05) is 11.6 Å². The maximum absolute atomic E-state index is 12.1. The smallest absolute Gasteiger partial charge is 0.335 e. The van der Waals surface area contributed by atoms with Gasteiger partial charge in [-0.05, 0) is 31.0 Å². The quantitative estimate of drug-likeness (QED) is 0.718. The van der Waals surface area contributed by atoms with Gasteiger partial charge in [-0.25, -0.2) is 14.5 Å². The van der Waals surface area contributed by atoms with E-state index < -0.39 is 5.97 Å². The third-order valence-electron chi connectivity index (χ3n) is 4.68. The van der Waals surface area contributed by atoms with Gasteiger partial charge in [0.1, 0.15) is 12.4 Å². The van der Waals surface area contributed by atoms with Crippen LogP contribution in [0.25, 0.3) is 11.0 Å². The Hall–Kier alpha value is -2.71. The Balaban J connectivity index is 1.84. The number of aromatic carboxylic acids is 1. The number of halogens is 1. The molecule has 1 aliphatic heterocycles. The van der Waals surface area contributed by atoms with Crippen LogP contribution < -0.4 is 5.56 Å². The van der Waals surface area contributed by atoms with E-state index in [4.69, 9.17) is 16.3 Å². The first-order valence-corrected chi connectivity index (χ1v) is 8.87. The van der Waals surface area contributed by atoms with Crippen LogP contribution in [0.1, 0.15) is 28.2 Å². The van der Waals surface area contributed by atoms with E-state index in [9.17, 15) is 14.7 Å². The second-order valence-corrected chi connectivity index (χ2v) is 6.99. The van der Waals surface area contributed by atoms with Crippen molar-refractivity contribution in [2.24, 2.45) is 0 Å². The summed E-state index contributed by atoms with van der Waals surface area (Å²) in [5.74, 6) is -0.382. The van der Waals surface area contributed by atoms with Crippen molar-refractivity contribution >= 4 is 28.6 Å². The van der Waals surface area contributed by atoms with E-state index in [1.165, 1.54) is 16.9 Å². The predicted molar refractivity (Wildman–Crippen MR) is 98.4 cm³/mol. The SMILES string of the molecule is Cc1cc(C(=O)O)cc2c1nc(Cn1ncc(Cl)cc1=O)n2CC1CCO1. The van der Waals surface area contributed by atoms with E-state index in [1.54, 1.807) is 12.1 Å². The normalized spacial score (nSPS) is 16.4. The fraction of sp³-hybridized carbons (Fsp3) is 0.333. The third kappa shape index (κ3) is 3.33. The molecule has 9 heteroatoms. The molecule has 3 aromatic rings. The minimum absolute atomic E-state index is 0.0461. The zero-order valence-electron chi connectivity index (χ0n) is 14.6. The first-order valence-electron chi connectivity index (χ1n) is 8.49. The third-order valence-corrected chi connectivity index (χ3v) is 4.88. The molecule has 3 heterocycles. The average molecular weight is 389 g/mol. The summed E-state index contributed by atoms with van der Waals surface area (Å²) in [6.45, 7) is 3.22. The Morgan fingerprint density at radius 3 is 2.81 bits per heavy atom. The molecule has 1 fully saturated rings. The van der Waals surface area contributed by atoms with Crippen molar-refractivity contribution < 1.29 is 14.6 Å². The Labute approximate surface area is 159 Å². The maximum atomic E-state index is 12.1. The van der Waals surface area contributed by atoms with Gasteiger partial charge in [-0.3, -0.25) is 4.79 Å². The topological polar surface area (TPSA) is 99.2 Å². The minimum atomic E-state index is -0.996. The fourth-order valence-electron chi connectivity index (χ4n) is 3.18. The number of fused-ring (bicyclic) bond motifs is 1. The number of carbonyl (C=O) groups is 1. The van der Waals surface area contributed by atoms with Crippen LogP contribution in [0.4, 0.5) is 0 Å². The van der Waals surface area contributed by atoms with E-state index in [0.717, 1.165) is 12.0 Å².